The summed E-state index contributed by atoms with van der Waals surface area (Å²) in [6.45, 7) is 1.06. The fraction of sp³-hybridized carbons (Fsp3) is 0.458. The number of likely N-dealkylation sites (N-methyl/N-ethyl adjacent to an activating group) is 1. The zero-order valence-corrected chi connectivity index (χ0v) is 16.7. The second-order valence-corrected chi connectivity index (χ2v) is 9.07. The molecule has 6 rings (SSSR count). The molecule has 1 saturated carbocycles. The molecule has 4 atom stereocenters. The molecular weight excluding hydrogens is 364 g/mol. The smallest absolute Gasteiger partial charge is 0.246 e. The molecule has 5 heteroatoms. The number of hydrogen-bond donors (Lipinski definition) is 1. The number of rotatable bonds is 3. The first-order valence-electron chi connectivity index (χ1n) is 10.7. The van der Waals surface area contributed by atoms with Gasteiger partial charge in [-0.25, -0.2) is 0 Å². The number of benzene rings is 1. The van der Waals surface area contributed by atoms with E-state index in [1.807, 2.05) is 24.1 Å². The molecule has 1 amide bonds. The van der Waals surface area contributed by atoms with Crippen molar-refractivity contribution in [2.45, 2.75) is 49.6 Å². The molecule has 2 bridgehead atoms. The maximum absolute atomic E-state index is 12.9. The molecule has 1 saturated heterocycles. The zero-order valence-electron chi connectivity index (χ0n) is 16.7. The van der Waals surface area contributed by atoms with Crippen LogP contribution in [0.2, 0.25) is 0 Å². The van der Waals surface area contributed by atoms with Crippen molar-refractivity contribution in [1.82, 2.24) is 10.2 Å². The number of nitrogens with zero attached hydrogens (tertiary/aromatic N) is 1. The third-order valence-electron chi connectivity index (χ3n) is 7.80. The molecule has 2 fully saturated rings. The van der Waals surface area contributed by atoms with Crippen LogP contribution in [-0.2, 0) is 16.6 Å². The van der Waals surface area contributed by atoms with Crippen LogP contribution in [0.5, 0.6) is 11.5 Å². The van der Waals surface area contributed by atoms with Crippen LogP contribution < -0.4 is 10.1 Å². The van der Waals surface area contributed by atoms with E-state index in [4.69, 9.17) is 9.15 Å². The van der Waals surface area contributed by atoms with Crippen molar-refractivity contribution in [1.29, 1.82) is 0 Å². The van der Waals surface area contributed by atoms with Crippen LogP contribution in [0.1, 0.15) is 42.4 Å². The molecule has 0 unspecified atom stereocenters. The molecule has 1 N–H and O–H groups in total. The van der Waals surface area contributed by atoms with E-state index < -0.39 is 0 Å². The van der Waals surface area contributed by atoms with Gasteiger partial charge in [-0.3, -0.25) is 4.79 Å². The minimum atomic E-state index is 0.0660. The maximum Gasteiger partial charge on any atom is 0.246 e. The van der Waals surface area contributed by atoms with E-state index in [1.54, 1.807) is 18.6 Å². The third-order valence-corrected chi connectivity index (χ3v) is 7.80. The number of carbonyl (C=O) groups is 1. The van der Waals surface area contributed by atoms with Crippen LogP contribution in [0, 0.1) is 5.92 Å². The van der Waals surface area contributed by atoms with Gasteiger partial charge in [-0.2, -0.15) is 0 Å². The fourth-order valence-electron chi connectivity index (χ4n) is 6.32. The van der Waals surface area contributed by atoms with Gasteiger partial charge < -0.3 is 19.4 Å². The lowest BCUT2D eigenvalue weighted by atomic mass is 9.52. The second-order valence-electron chi connectivity index (χ2n) is 9.07. The predicted molar refractivity (Wildman–Crippen MR) is 110 cm³/mol. The summed E-state index contributed by atoms with van der Waals surface area (Å²) < 4.78 is 10.8. The predicted octanol–water partition coefficient (Wildman–Crippen LogP) is 3.88. The Kier molecular flexibility index (Phi) is 3.73. The van der Waals surface area contributed by atoms with Gasteiger partial charge in [0, 0.05) is 41.7 Å². The third kappa shape index (κ3) is 2.60. The first kappa shape index (κ1) is 17.3. The topological polar surface area (TPSA) is 58.0 Å². The number of nitrogens with one attached hydrogen (secondary N) is 1. The summed E-state index contributed by atoms with van der Waals surface area (Å²) in [4.78, 5) is 14.8. The van der Waals surface area contributed by atoms with Crippen LogP contribution in [0.4, 0.5) is 0 Å². The molecule has 2 aromatic rings. The number of furan rings is 1. The highest BCUT2D eigenvalue weighted by molar-refractivity contribution is 5.91. The molecule has 1 aromatic heterocycles. The number of piperidine rings is 1. The van der Waals surface area contributed by atoms with Gasteiger partial charge >= 0.3 is 0 Å². The average Bonchev–Trinajstić information content (AvgIpc) is 3.36. The summed E-state index contributed by atoms with van der Waals surface area (Å²) in [5.74, 6) is 2.90. The molecular formula is C24H26N2O3. The summed E-state index contributed by atoms with van der Waals surface area (Å²) >= 11 is 0. The highest BCUT2D eigenvalue weighted by Gasteiger charge is 2.55. The highest BCUT2D eigenvalue weighted by Crippen LogP contribution is 2.60. The summed E-state index contributed by atoms with van der Waals surface area (Å²) in [7, 11) is 1.96. The summed E-state index contributed by atoms with van der Waals surface area (Å²) in [5.41, 5.74) is 4.00. The van der Waals surface area contributed by atoms with Crippen LogP contribution in [0.15, 0.2) is 41.2 Å². The molecule has 1 aromatic carbocycles. The summed E-state index contributed by atoms with van der Waals surface area (Å²) in [5, 5.41) is 3.78. The maximum atomic E-state index is 12.9. The molecule has 0 radical (unpaired) electrons. The van der Waals surface area contributed by atoms with Crippen LogP contribution in [0.25, 0.3) is 6.08 Å². The monoisotopic (exact) mass is 390 g/mol. The lowest BCUT2D eigenvalue weighted by Crippen LogP contribution is -2.62. The Morgan fingerprint density at radius 3 is 3.10 bits per heavy atom. The quantitative estimate of drug-likeness (QED) is 0.545. The van der Waals surface area contributed by atoms with Crippen molar-refractivity contribution in [3.63, 3.8) is 0 Å². The molecule has 2 aliphatic heterocycles. The van der Waals surface area contributed by atoms with Crippen molar-refractivity contribution in [2.24, 2.45) is 5.92 Å². The Hall–Kier alpha value is -2.53. The zero-order chi connectivity index (χ0) is 19.6. The van der Waals surface area contributed by atoms with Gasteiger partial charge in [0.15, 0.2) is 11.5 Å². The Bertz CT molecular complexity index is 996. The number of amides is 1. The van der Waals surface area contributed by atoms with Gasteiger partial charge in [-0.15, -0.1) is 0 Å². The first-order chi connectivity index (χ1) is 14.2. The van der Waals surface area contributed by atoms with E-state index >= 15 is 0 Å². The molecule has 0 spiro atoms. The minimum Gasteiger partial charge on any atom is -0.472 e. The average molecular weight is 390 g/mol. The summed E-state index contributed by atoms with van der Waals surface area (Å²) in [6.07, 6.45) is 12.3. The standard InChI is InChI=1S/C24H26N2O3/c1-26(22(27)7-2-15-8-11-28-14-15)16-3-4-19-20-12-17-18(5-6-21-23(17)29-21)24(19,13-16)9-10-25-20/h2,5-8,11,14,16,19-20,25H,3-4,9-10,12-13H2,1H3/t16-,19+,20-,24-/m1/s1. The Morgan fingerprint density at radius 1 is 1.31 bits per heavy atom. The largest absolute Gasteiger partial charge is 0.472 e. The first-order valence-corrected chi connectivity index (χ1v) is 10.7. The molecule has 2 aliphatic carbocycles. The molecule has 5 nitrogen and oxygen atoms in total. The second kappa shape index (κ2) is 6.23. The van der Waals surface area contributed by atoms with E-state index in [1.165, 1.54) is 17.5 Å². The Balaban J connectivity index is 1.29. The molecule has 29 heavy (non-hydrogen) atoms. The minimum absolute atomic E-state index is 0.0660. The lowest BCUT2D eigenvalue weighted by Gasteiger charge is -2.57. The van der Waals surface area contributed by atoms with Gasteiger partial charge in [0.2, 0.25) is 5.91 Å². The van der Waals surface area contributed by atoms with E-state index in [-0.39, 0.29) is 17.4 Å². The Labute approximate surface area is 170 Å². The van der Waals surface area contributed by atoms with Gasteiger partial charge in [-0.1, -0.05) is 6.07 Å². The van der Waals surface area contributed by atoms with E-state index in [9.17, 15) is 4.79 Å². The van der Waals surface area contributed by atoms with Crippen molar-refractivity contribution in [3.05, 3.63) is 53.5 Å². The lowest BCUT2D eigenvalue weighted by molar-refractivity contribution is -0.128. The van der Waals surface area contributed by atoms with Crippen molar-refractivity contribution < 1.29 is 13.9 Å². The van der Waals surface area contributed by atoms with Crippen molar-refractivity contribution >= 4 is 12.0 Å². The van der Waals surface area contributed by atoms with E-state index in [0.717, 1.165) is 49.3 Å². The molecule has 150 valence electrons. The highest BCUT2D eigenvalue weighted by atomic mass is 16.6. The van der Waals surface area contributed by atoms with Gasteiger partial charge in [0.05, 0.1) is 12.5 Å². The summed E-state index contributed by atoms with van der Waals surface area (Å²) in [6, 6.07) is 7.13. The van der Waals surface area contributed by atoms with E-state index in [0.29, 0.717) is 12.0 Å². The van der Waals surface area contributed by atoms with Crippen molar-refractivity contribution in [3.8, 4) is 11.5 Å². The molecule has 4 aliphatic rings. The van der Waals surface area contributed by atoms with E-state index in [2.05, 4.69) is 17.4 Å². The van der Waals surface area contributed by atoms with Crippen LogP contribution in [0.3, 0.4) is 0 Å². The van der Waals surface area contributed by atoms with Gasteiger partial charge in [0.25, 0.3) is 0 Å². The van der Waals surface area contributed by atoms with Gasteiger partial charge in [-0.05, 0) is 68.3 Å². The Morgan fingerprint density at radius 2 is 2.24 bits per heavy atom. The number of hydrogen-bond acceptors (Lipinski definition) is 4. The molecule has 3 heterocycles. The SMILES string of the molecule is CN(C(=O)C=Cc1ccoc1)[C@@H]1CC[C@H]2[C@H]3Cc4c(ccc5c4O5)[C@@]2(CCN3)C1. The van der Waals surface area contributed by atoms with Crippen molar-refractivity contribution in [2.75, 3.05) is 13.6 Å². The van der Waals surface area contributed by atoms with Crippen LogP contribution >= 0.6 is 0 Å². The number of fused-ring (bicyclic) bond motifs is 3. The normalized spacial score (nSPS) is 31.4. The van der Waals surface area contributed by atoms with Crippen LogP contribution in [-0.4, -0.2) is 36.5 Å². The number of ether oxygens (including phenoxy) is 1. The van der Waals surface area contributed by atoms with Gasteiger partial charge in [0.1, 0.15) is 0 Å². The fourth-order valence-corrected chi connectivity index (χ4v) is 6.32. The number of carbonyl (C=O) groups excluding carboxylic acids is 1.